The Morgan fingerprint density at radius 1 is 1.18 bits per heavy atom. The molecular formula is C13H20ClF2N. The second-order valence-corrected chi connectivity index (χ2v) is 4.20. The Morgan fingerprint density at radius 2 is 1.82 bits per heavy atom. The van der Waals surface area contributed by atoms with Crippen molar-refractivity contribution >= 4 is 12.4 Å². The lowest BCUT2D eigenvalue weighted by molar-refractivity contribution is 0.474. The fourth-order valence-corrected chi connectivity index (χ4v) is 1.72. The summed E-state index contributed by atoms with van der Waals surface area (Å²) in [4.78, 5) is 0. The molecule has 0 fully saturated rings. The van der Waals surface area contributed by atoms with Crippen molar-refractivity contribution < 1.29 is 8.78 Å². The summed E-state index contributed by atoms with van der Waals surface area (Å²) in [6.45, 7) is 3.64. The first-order valence-electron chi connectivity index (χ1n) is 5.78. The molecule has 0 saturated heterocycles. The van der Waals surface area contributed by atoms with Crippen LogP contribution in [-0.2, 0) is 0 Å². The van der Waals surface area contributed by atoms with Gasteiger partial charge in [-0.3, -0.25) is 0 Å². The van der Waals surface area contributed by atoms with E-state index in [0.29, 0.717) is 17.5 Å². The van der Waals surface area contributed by atoms with Gasteiger partial charge >= 0.3 is 0 Å². The van der Waals surface area contributed by atoms with E-state index in [0.717, 1.165) is 19.3 Å². The molecule has 0 heterocycles. The predicted octanol–water partition coefficient (Wildman–Crippen LogP) is 4.28. The molecule has 1 aromatic rings. The van der Waals surface area contributed by atoms with Crippen molar-refractivity contribution in [2.45, 2.75) is 45.6 Å². The lowest BCUT2D eigenvalue weighted by atomic mass is 9.99. The summed E-state index contributed by atoms with van der Waals surface area (Å²) in [5, 5.41) is 0. The van der Waals surface area contributed by atoms with Crippen LogP contribution in [0.4, 0.5) is 8.78 Å². The topological polar surface area (TPSA) is 26.0 Å². The number of benzene rings is 1. The summed E-state index contributed by atoms with van der Waals surface area (Å²) < 4.78 is 26.9. The maximum absolute atomic E-state index is 13.6. The zero-order valence-electron chi connectivity index (χ0n) is 10.3. The number of aryl methyl sites for hydroxylation is 1. The highest BCUT2D eigenvalue weighted by Gasteiger charge is 2.15. The zero-order chi connectivity index (χ0) is 12.1. The van der Waals surface area contributed by atoms with Crippen LogP contribution in [0.3, 0.4) is 0 Å². The summed E-state index contributed by atoms with van der Waals surface area (Å²) in [5.74, 6) is -1.56. The average molecular weight is 264 g/mol. The van der Waals surface area contributed by atoms with Gasteiger partial charge in [0.15, 0.2) is 11.6 Å². The highest BCUT2D eigenvalue weighted by Crippen LogP contribution is 2.23. The van der Waals surface area contributed by atoms with Crippen molar-refractivity contribution in [2.24, 2.45) is 5.73 Å². The Labute approximate surface area is 108 Å². The van der Waals surface area contributed by atoms with Crippen LogP contribution in [0.1, 0.15) is 49.8 Å². The van der Waals surface area contributed by atoms with Crippen LogP contribution in [0.5, 0.6) is 0 Å². The van der Waals surface area contributed by atoms with Crippen molar-refractivity contribution in [1.82, 2.24) is 0 Å². The van der Waals surface area contributed by atoms with Crippen LogP contribution in [0.2, 0.25) is 0 Å². The summed E-state index contributed by atoms with van der Waals surface area (Å²) in [5.41, 5.74) is 6.46. The monoisotopic (exact) mass is 263 g/mol. The molecule has 1 nitrogen and oxygen atoms in total. The maximum Gasteiger partial charge on any atom is 0.163 e. The Bertz CT molecular complexity index is 356. The first-order chi connectivity index (χ1) is 7.57. The molecule has 0 aliphatic carbocycles. The highest BCUT2D eigenvalue weighted by atomic mass is 35.5. The molecule has 2 N–H and O–H groups in total. The van der Waals surface area contributed by atoms with Gasteiger partial charge in [0.05, 0.1) is 0 Å². The molecule has 4 heteroatoms. The van der Waals surface area contributed by atoms with E-state index < -0.39 is 17.7 Å². The quantitative estimate of drug-likeness (QED) is 0.789. The van der Waals surface area contributed by atoms with Gasteiger partial charge in [-0.25, -0.2) is 8.78 Å². The van der Waals surface area contributed by atoms with Gasteiger partial charge in [-0.05, 0) is 18.9 Å². The van der Waals surface area contributed by atoms with E-state index in [-0.39, 0.29) is 12.4 Å². The molecule has 0 amide bonds. The van der Waals surface area contributed by atoms with E-state index in [1.54, 1.807) is 19.1 Å². The van der Waals surface area contributed by atoms with E-state index in [2.05, 4.69) is 6.92 Å². The molecule has 0 unspecified atom stereocenters. The molecule has 0 aliphatic rings. The van der Waals surface area contributed by atoms with Gasteiger partial charge in [0.1, 0.15) is 0 Å². The first-order valence-corrected chi connectivity index (χ1v) is 5.78. The van der Waals surface area contributed by atoms with E-state index in [1.165, 1.54) is 0 Å². The van der Waals surface area contributed by atoms with Gasteiger partial charge in [-0.1, -0.05) is 38.3 Å². The standard InChI is InChI=1S/C13H19F2N.ClH/c1-3-4-5-6-11(16)10-8-7-9(2)12(14)13(10)15;/h7-8,11H,3-6,16H2,1-2H3;1H/t11-;/m0./s1. The second-order valence-electron chi connectivity index (χ2n) is 4.20. The van der Waals surface area contributed by atoms with Gasteiger partial charge in [0.25, 0.3) is 0 Å². The van der Waals surface area contributed by atoms with E-state index in [1.807, 2.05) is 0 Å². The van der Waals surface area contributed by atoms with Crippen LogP contribution < -0.4 is 5.73 Å². The number of rotatable bonds is 5. The molecule has 17 heavy (non-hydrogen) atoms. The molecule has 0 saturated carbocycles. The fraction of sp³-hybridized carbons (Fsp3) is 0.538. The van der Waals surface area contributed by atoms with Gasteiger partial charge in [0, 0.05) is 11.6 Å². The minimum atomic E-state index is -0.788. The molecule has 0 bridgehead atoms. The van der Waals surface area contributed by atoms with Crippen molar-refractivity contribution in [3.8, 4) is 0 Å². The number of hydrogen-bond donors (Lipinski definition) is 1. The van der Waals surface area contributed by atoms with Crippen LogP contribution in [0.15, 0.2) is 12.1 Å². The summed E-state index contributed by atoms with van der Waals surface area (Å²) in [7, 11) is 0. The van der Waals surface area contributed by atoms with Crippen molar-refractivity contribution in [1.29, 1.82) is 0 Å². The summed E-state index contributed by atoms with van der Waals surface area (Å²) in [6.07, 6.45) is 3.82. The first kappa shape index (κ1) is 16.3. The van der Waals surface area contributed by atoms with E-state index >= 15 is 0 Å². The Kier molecular flexibility index (Phi) is 7.32. The van der Waals surface area contributed by atoms with Crippen molar-refractivity contribution in [2.75, 3.05) is 0 Å². The Balaban J connectivity index is 0.00000256. The third kappa shape index (κ3) is 4.25. The molecule has 0 radical (unpaired) electrons. The van der Waals surface area contributed by atoms with Crippen molar-refractivity contribution in [3.63, 3.8) is 0 Å². The minimum absolute atomic E-state index is 0. The summed E-state index contributed by atoms with van der Waals surface area (Å²) in [6, 6.07) is 2.76. The fourth-order valence-electron chi connectivity index (χ4n) is 1.72. The Morgan fingerprint density at radius 3 is 2.41 bits per heavy atom. The van der Waals surface area contributed by atoms with Crippen LogP contribution in [-0.4, -0.2) is 0 Å². The lowest BCUT2D eigenvalue weighted by Crippen LogP contribution is -2.13. The molecule has 98 valence electrons. The largest absolute Gasteiger partial charge is 0.324 e. The Hall–Kier alpha value is -0.670. The third-order valence-electron chi connectivity index (χ3n) is 2.82. The van der Waals surface area contributed by atoms with Gasteiger partial charge in [-0.2, -0.15) is 0 Å². The average Bonchev–Trinajstić information content (AvgIpc) is 2.26. The van der Waals surface area contributed by atoms with Crippen molar-refractivity contribution in [3.05, 3.63) is 34.9 Å². The number of nitrogens with two attached hydrogens (primary N) is 1. The molecule has 0 spiro atoms. The van der Waals surface area contributed by atoms with E-state index in [4.69, 9.17) is 5.73 Å². The van der Waals surface area contributed by atoms with Gasteiger partial charge in [0.2, 0.25) is 0 Å². The van der Waals surface area contributed by atoms with Crippen LogP contribution in [0.25, 0.3) is 0 Å². The van der Waals surface area contributed by atoms with Crippen LogP contribution in [0, 0.1) is 18.6 Å². The van der Waals surface area contributed by atoms with Gasteiger partial charge < -0.3 is 5.73 Å². The molecule has 0 aromatic heterocycles. The SMILES string of the molecule is CCCCC[C@H](N)c1ccc(C)c(F)c1F.Cl. The molecule has 1 aromatic carbocycles. The third-order valence-corrected chi connectivity index (χ3v) is 2.82. The summed E-state index contributed by atoms with van der Waals surface area (Å²) >= 11 is 0. The number of unbranched alkanes of at least 4 members (excludes halogenated alkanes) is 2. The van der Waals surface area contributed by atoms with Gasteiger partial charge in [-0.15, -0.1) is 12.4 Å². The maximum atomic E-state index is 13.6. The molecule has 1 rings (SSSR count). The lowest BCUT2D eigenvalue weighted by Gasteiger charge is -2.13. The number of halogens is 3. The number of hydrogen-bond acceptors (Lipinski definition) is 1. The normalized spacial score (nSPS) is 12.1. The highest BCUT2D eigenvalue weighted by molar-refractivity contribution is 5.85. The molecule has 1 atom stereocenters. The molecular weight excluding hydrogens is 244 g/mol. The zero-order valence-corrected chi connectivity index (χ0v) is 11.1. The van der Waals surface area contributed by atoms with E-state index in [9.17, 15) is 8.78 Å². The minimum Gasteiger partial charge on any atom is -0.324 e. The second kappa shape index (κ2) is 7.62. The van der Waals surface area contributed by atoms with Crippen LogP contribution >= 0.6 is 12.4 Å². The predicted molar refractivity (Wildman–Crippen MR) is 69.4 cm³/mol. The smallest absolute Gasteiger partial charge is 0.163 e. The molecule has 0 aliphatic heterocycles.